The van der Waals surface area contributed by atoms with Crippen LogP contribution in [0.3, 0.4) is 0 Å². The van der Waals surface area contributed by atoms with Crippen molar-refractivity contribution in [2.45, 2.75) is 4.90 Å². The summed E-state index contributed by atoms with van der Waals surface area (Å²) in [6.45, 7) is -0.378. The van der Waals surface area contributed by atoms with Crippen molar-refractivity contribution in [3.05, 3.63) is 78.5 Å². The maximum Gasteiger partial charge on any atom is 0.265 e. The highest BCUT2D eigenvalue weighted by Gasteiger charge is 2.08. The Hall–Kier alpha value is -3.92. The van der Waals surface area contributed by atoms with Crippen molar-refractivity contribution < 1.29 is 22.8 Å². The van der Waals surface area contributed by atoms with Gasteiger partial charge >= 0.3 is 0 Å². The highest BCUT2D eigenvalue weighted by Crippen LogP contribution is 2.18. The van der Waals surface area contributed by atoms with Gasteiger partial charge in [0.25, 0.3) is 5.91 Å². The average Bonchev–Trinajstić information content (AvgIpc) is 2.74. The topological polar surface area (TPSA) is 133 Å². The van der Waals surface area contributed by atoms with E-state index in [4.69, 9.17) is 15.3 Å². The van der Waals surface area contributed by atoms with Crippen molar-refractivity contribution in [3.8, 4) is 11.6 Å². The van der Waals surface area contributed by atoms with Gasteiger partial charge in [-0.25, -0.2) is 13.4 Å². The average molecular weight is 440 g/mol. The standard InChI is InChI=1S/C21H20N4O5S/c1-31(27,28)18-10-8-16(9-11-18)24-19(26)14-29-25-21(22)15-7-12-20(23-13-15)30-17-5-3-2-4-6-17/h2-13H,14H2,1H3,(H2,22,25)(H,24,26). The molecule has 3 rings (SSSR count). The molecule has 0 aliphatic carbocycles. The number of nitrogens with zero attached hydrogens (tertiary/aromatic N) is 2. The van der Waals surface area contributed by atoms with E-state index in [2.05, 4.69) is 15.5 Å². The third-order valence-electron chi connectivity index (χ3n) is 3.92. The summed E-state index contributed by atoms with van der Waals surface area (Å²) in [6.07, 6.45) is 2.58. The van der Waals surface area contributed by atoms with E-state index >= 15 is 0 Å². The molecule has 3 aromatic rings. The molecular weight excluding hydrogens is 420 g/mol. The van der Waals surface area contributed by atoms with Gasteiger partial charge in [0.1, 0.15) is 5.75 Å². The molecule has 0 bridgehead atoms. The zero-order valence-corrected chi connectivity index (χ0v) is 17.4. The Kier molecular flexibility index (Phi) is 6.83. The van der Waals surface area contributed by atoms with Crippen LogP contribution in [0.4, 0.5) is 5.69 Å². The highest BCUT2D eigenvalue weighted by molar-refractivity contribution is 7.90. The number of amidine groups is 1. The molecule has 10 heteroatoms. The number of amides is 1. The molecule has 3 N–H and O–H groups in total. The maximum absolute atomic E-state index is 11.9. The molecule has 1 amide bonds. The maximum atomic E-state index is 11.9. The number of ether oxygens (including phenoxy) is 1. The first kappa shape index (κ1) is 21.8. The fraction of sp³-hybridized carbons (Fsp3) is 0.0952. The molecular formula is C21H20N4O5S. The van der Waals surface area contributed by atoms with Gasteiger partial charge < -0.3 is 20.6 Å². The van der Waals surface area contributed by atoms with Crippen molar-refractivity contribution in [2.24, 2.45) is 10.9 Å². The third kappa shape index (κ3) is 6.54. The summed E-state index contributed by atoms with van der Waals surface area (Å²) in [6, 6.07) is 18.3. The lowest BCUT2D eigenvalue weighted by molar-refractivity contribution is -0.120. The number of hydrogen-bond acceptors (Lipinski definition) is 7. The van der Waals surface area contributed by atoms with Gasteiger partial charge in [-0.1, -0.05) is 23.4 Å². The summed E-state index contributed by atoms with van der Waals surface area (Å²) < 4.78 is 28.5. The first-order valence-corrected chi connectivity index (χ1v) is 10.9. The molecule has 0 radical (unpaired) electrons. The lowest BCUT2D eigenvalue weighted by Crippen LogP contribution is -2.19. The Morgan fingerprint density at radius 1 is 1.06 bits per heavy atom. The van der Waals surface area contributed by atoms with Crippen LogP contribution < -0.4 is 15.8 Å². The van der Waals surface area contributed by atoms with Crippen molar-refractivity contribution in [1.29, 1.82) is 0 Å². The van der Waals surface area contributed by atoms with Gasteiger partial charge in [0, 0.05) is 29.8 Å². The zero-order chi connectivity index (χ0) is 22.3. The fourth-order valence-electron chi connectivity index (χ4n) is 2.40. The Morgan fingerprint density at radius 3 is 2.39 bits per heavy atom. The van der Waals surface area contributed by atoms with Crippen LogP contribution in [0.1, 0.15) is 5.56 Å². The summed E-state index contributed by atoms with van der Waals surface area (Å²) in [5, 5.41) is 6.28. The number of carbonyl (C=O) groups excluding carboxylic acids is 1. The molecule has 2 aromatic carbocycles. The molecule has 1 heterocycles. The molecule has 0 aliphatic rings. The predicted molar refractivity (Wildman–Crippen MR) is 116 cm³/mol. The Bertz CT molecular complexity index is 1160. The number of rotatable bonds is 8. The van der Waals surface area contributed by atoms with E-state index < -0.39 is 15.7 Å². The second-order valence-corrected chi connectivity index (χ2v) is 8.41. The van der Waals surface area contributed by atoms with Crippen LogP contribution in [-0.2, 0) is 19.5 Å². The summed E-state index contributed by atoms with van der Waals surface area (Å²) >= 11 is 0. The number of sulfone groups is 1. The number of aromatic nitrogens is 1. The van der Waals surface area contributed by atoms with Crippen LogP contribution in [0.5, 0.6) is 11.6 Å². The summed E-state index contributed by atoms with van der Waals surface area (Å²) in [7, 11) is -3.30. The van der Waals surface area contributed by atoms with Gasteiger partial charge in [0.15, 0.2) is 22.3 Å². The number of nitrogens with two attached hydrogens (primary N) is 1. The van der Waals surface area contributed by atoms with Crippen LogP contribution in [0, 0.1) is 0 Å². The minimum atomic E-state index is -3.30. The van der Waals surface area contributed by atoms with E-state index in [0.717, 1.165) is 6.26 Å². The second kappa shape index (κ2) is 9.72. The lowest BCUT2D eigenvalue weighted by Gasteiger charge is -2.07. The van der Waals surface area contributed by atoms with Gasteiger partial charge in [-0.3, -0.25) is 4.79 Å². The molecule has 0 saturated carbocycles. The van der Waals surface area contributed by atoms with Crippen molar-refractivity contribution >= 4 is 27.3 Å². The number of anilines is 1. The summed E-state index contributed by atoms with van der Waals surface area (Å²) in [5.41, 5.74) is 6.77. The molecule has 1 aromatic heterocycles. The van der Waals surface area contributed by atoms with Crippen LogP contribution >= 0.6 is 0 Å². The van der Waals surface area contributed by atoms with Gasteiger partial charge in [0.05, 0.1) is 4.90 Å². The summed E-state index contributed by atoms with van der Waals surface area (Å²) in [4.78, 5) is 21.2. The number of nitrogens with one attached hydrogen (secondary N) is 1. The minimum Gasteiger partial charge on any atom is -0.439 e. The van der Waals surface area contributed by atoms with Gasteiger partial charge in [0.2, 0.25) is 5.88 Å². The second-order valence-electron chi connectivity index (χ2n) is 6.39. The molecule has 160 valence electrons. The van der Waals surface area contributed by atoms with Gasteiger partial charge in [-0.15, -0.1) is 0 Å². The lowest BCUT2D eigenvalue weighted by atomic mass is 10.3. The number of oxime groups is 1. The molecule has 0 aliphatic heterocycles. The predicted octanol–water partition coefficient (Wildman–Crippen LogP) is 2.55. The van der Waals surface area contributed by atoms with Crippen molar-refractivity contribution in [2.75, 3.05) is 18.2 Å². The van der Waals surface area contributed by atoms with Crippen molar-refractivity contribution in [1.82, 2.24) is 4.98 Å². The Morgan fingerprint density at radius 2 is 1.77 bits per heavy atom. The normalized spacial score (nSPS) is 11.6. The van der Waals surface area contributed by atoms with E-state index in [-0.39, 0.29) is 17.3 Å². The molecule has 0 atom stereocenters. The molecule has 31 heavy (non-hydrogen) atoms. The van der Waals surface area contributed by atoms with Crippen LogP contribution in [0.15, 0.2) is 83.0 Å². The molecule has 0 saturated heterocycles. The Labute approximate surface area is 179 Å². The quantitative estimate of drug-likeness (QED) is 0.312. The molecule has 0 unspecified atom stereocenters. The Balaban J connectivity index is 1.50. The van der Waals surface area contributed by atoms with E-state index in [1.54, 1.807) is 12.1 Å². The summed E-state index contributed by atoms with van der Waals surface area (Å²) in [5.74, 6) is 0.618. The van der Waals surface area contributed by atoms with Crippen LogP contribution in [0.2, 0.25) is 0 Å². The van der Waals surface area contributed by atoms with Crippen LogP contribution in [-0.4, -0.2) is 38.0 Å². The van der Waals surface area contributed by atoms with Crippen molar-refractivity contribution in [3.63, 3.8) is 0 Å². The van der Waals surface area contributed by atoms with E-state index in [1.165, 1.54) is 30.5 Å². The number of pyridine rings is 1. The number of para-hydroxylation sites is 1. The van der Waals surface area contributed by atoms with E-state index in [1.807, 2.05) is 30.3 Å². The number of hydrogen-bond donors (Lipinski definition) is 2. The minimum absolute atomic E-state index is 0.0454. The first-order valence-electron chi connectivity index (χ1n) is 9.06. The van der Waals surface area contributed by atoms with Crippen LogP contribution in [0.25, 0.3) is 0 Å². The third-order valence-corrected chi connectivity index (χ3v) is 5.05. The van der Waals surface area contributed by atoms with Gasteiger partial charge in [-0.05, 0) is 42.5 Å². The van der Waals surface area contributed by atoms with Gasteiger partial charge in [-0.2, -0.15) is 0 Å². The number of carbonyl (C=O) groups is 1. The molecule has 0 spiro atoms. The highest BCUT2D eigenvalue weighted by atomic mass is 32.2. The number of benzene rings is 2. The first-order chi connectivity index (χ1) is 14.8. The zero-order valence-electron chi connectivity index (χ0n) is 16.6. The monoisotopic (exact) mass is 440 g/mol. The smallest absolute Gasteiger partial charge is 0.265 e. The SMILES string of the molecule is CS(=O)(=O)c1ccc(NC(=O)CO/N=C(/N)c2ccc(Oc3ccccc3)nc2)cc1. The molecule has 0 fully saturated rings. The van der Waals surface area contributed by atoms with E-state index in [9.17, 15) is 13.2 Å². The largest absolute Gasteiger partial charge is 0.439 e. The fourth-order valence-corrected chi connectivity index (χ4v) is 3.03. The van der Waals surface area contributed by atoms with E-state index in [0.29, 0.717) is 22.9 Å². The molecule has 9 nitrogen and oxygen atoms in total.